The molecule has 1 aromatic carbocycles. The number of nitrogens with one attached hydrogen (secondary N) is 1. The maximum Gasteiger partial charge on any atom is 0.200 e. The molecule has 108 valence electrons. The minimum atomic E-state index is -0.740. The van der Waals surface area contributed by atoms with E-state index in [-0.39, 0.29) is 5.75 Å². The van der Waals surface area contributed by atoms with Gasteiger partial charge in [0, 0.05) is 29.4 Å². The molecule has 1 rings (SSSR count). The average molecular weight is 287 g/mol. The lowest BCUT2D eigenvalue weighted by atomic mass is 10.2. The van der Waals surface area contributed by atoms with E-state index in [1.165, 1.54) is 14.2 Å². The third-order valence-corrected chi connectivity index (χ3v) is 3.52. The summed E-state index contributed by atoms with van der Waals surface area (Å²) in [6.07, 6.45) is 2.57. The fourth-order valence-corrected chi connectivity index (χ4v) is 2.23. The first-order valence-electron chi connectivity index (χ1n) is 6.03. The van der Waals surface area contributed by atoms with Gasteiger partial charge in [-0.15, -0.1) is 0 Å². The Balaban J connectivity index is 2.56. The van der Waals surface area contributed by atoms with Crippen LogP contribution in [0.15, 0.2) is 12.1 Å². The van der Waals surface area contributed by atoms with E-state index < -0.39 is 10.8 Å². The molecule has 19 heavy (non-hydrogen) atoms. The molecule has 1 atom stereocenters. The van der Waals surface area contributed by atoms with E-state index in [1.807, 2.05) is 0 Å². The molecule has 0 fully saturated rings. The van der Waals surface area contributed by atoms with Crippen LogP contribution in [0.3, 0.4) is 0 Å². The lowest BCUT2D eigenvalue weighted by molar-refractivity contribution is 0.339. The fourth-order valence-electron chi connectivity index (χ4n) is 1.68. The third-order valence-electron chi connectivity index (χ3n) is 2.65. The molecule has 0 aromatic heterocycles. The van der Waals surface area contributed by atoms with Crippen molar-refractivity contribution in [2.24, 2.45) is 0 Å². The summed E-state index contributed by atoms with van der Waals surface area (Å²) in [6.45, 7) is 1.44. The summed E-state index contributed by atoms with van der Waals surface area (Å²) in [7, 11) is 2.26. The number of methoxy groups -OCH3 is 2. The van der Waals surface area contributed by atoms with Gasteiger partial charge >= 0.3 is 0 Å². The molecule has 0 radical (unpaired) electrons. The van der Waals surface area contributed by atoms with E-state index >= 15 is 0 Å². The van der Waals surface area contributed by atoms with Crippen molar-refractivity contribution in [3.63, 3.8) is 0 Å². The molecule has 1 aromatic rings. The number of benzene rings is 1. The predicted molar refractivity (Wildman–Crippen MR) is 76.5 cm³/mol. The second-order valence-corrected chi connectivity index (χ2v) is 5.71. The Morgan fingerprint density at radius 3 is 2.32 bits per heavy atom. The van der Waals surface area contributed by atoms with Gasteiger partial charge in [-0.05, 0) is 30.7 Å². The zero-order chi connectivity index (χ0) is 14.3. The quantitative estimate of drug-likeness (QED) is 0.705. The van der Waals surface area contributed by atoms with Crippen molar-refractivity contribution in [3.05, 3.63) is 17.7 Å². The first kappa shape index (κ1) is 15.8. The minimum absolute atomic E-state index is 0.00938. The number of phenols is 1. The Bertz CT molecular complexity index is 412. The van der Waals surface area contributed by atoms with E-state index in [4.69, 9.17) is 9.47 Å². The first-order valence-corrected chi connectivity index (χ1v) is 7.75. The molecule has 2 N–H and O–H groups in total. The molecule has 0 saturated carbocycles. The molecule has 6 heteroatoms. The molecular weight excluding hydrogens is 266 g/mol. The molecule has 0 spiro atoms. The number of aromatic hydroxyl groups is 1. The highest BCUT2D eigenvalue weighted by Gasteiger charge is 2.10. The summed E-state index contributed by atoms with van der Waals surface area (Å²) < 4.78 is 21.1. The van der Waals surface area contributed by atoms with Gasteiger partial charge in [-0.3, -0.25) is 4.21 Å². The van der Waals surface area contributed by atoms with Crippen LogP contribution in [0.1, 0.15) is 12.0 Å². The van der Waals surface area contributed by atoms with Crippen LogP contribution in [0.5, 0.6) is 17.2 Å². The number of rotatable bonds is 8. The molecule has 0 amide bonds. The molecular formula is C13H21NO4S. The highest BCUT2D eigenvalue weighted by atomic mass is 32.2. The predicted octanol–water partition coefficient (Wildman–Crippen LogP) is 1.27. The SMILES string of the molecule is COc1cc(CNCCCS(C)=O)cc(OC)c1O. The summed E-state index contributed by atoms with van der Waals surface area (Å²) >= 11 is 0. The summed E-state index contributed by atoms with van der Waals surface area (Å²) in [6, 6.07) is 3.53. The van der Waals surface area contributed by atoms with Gasteiger partial charge in [-0.25, -0.2) is 0 Å². The fraction of sp³-hybridized carbons (Fsp3) is 0.538. The summed E-state index contributed by atoms with van der Waals surface area (Å²) in [5.41, 5.74) is 0.962. The smallest absolute Gasteiger partial charge is 0.200 e. The Morgan fingerprint density at radius 1 is 1.26 bits per heavy atom. The molecule has 0 aliphatic carbocycles. The highest BCUT2D eigenvalue weighted by molar-refractivity contribution is 7.84. The van der Waals surface area contributed by atoms with E-state index in [0.717, 1.165) is 18.5 Å². The van der Waals surface area contributed by atoms with Crippen molar-refractivity contribution < 1.29 is 18.8 Å². The van der Waals surface area contributed by atoms with Crippen LogP contribution < -0.4 is 14.8 Å². The van der Waals surface area contributed by atoms with Crippen molar-refractivity contribution in [3.8, 4) is 17.2 Å². The second-order valence-electron chi connectivity index (χ2n) is 4.16. The van der Waals surface area contributed by atoms with Crippen LogP contribution in [0.4, 0.5) is 0 Å². The first-order chi connectivity index (χ1) is 9.08. The second kappa shape index (κ2) is 8.01. The van der Waals surface area contributed by atoms with E-state index in [0.29, 0.717) is 23.8 Å². The van der Waals surface area contributed by atoms with Gasteiger partial charge in [0.15, 0.2) is 11.5 Å². The molecule has 0 heterocycles. The molecule has 0 aliphatic heterocycles. The van der Waals surface area contributed by atoms with Crippen LogP contribution in [0.2, 0.25) is 0 Å². The molecule has 0 saturated heterocycles. The van der Waals surface area contributed by atoms with Crippen molar-refractivity contribution in [2.45, 2.75) is 13.0 Å². The summed E-state index contributed by atoms with van der Waals surface area (Å²) in [5.74, 6) is 1.50. The molecule has 0 bridgehead atoms. The van der Waals surface area contributed by atoms with Gasteiger partial charge in [0.25, 0.3) is 0 Å². The van der Waals surface area contributed by atoms with Gasteiger partial charge < -0.3 is 19.9 Å². The maximum absolute atomic E-state index is 10.9. The van der Waals surface area contributed by atoms with Crippen molar-refractivity contribution in [2.75, 3.05) is 32.8 Å². The number of phenolic OH excluding ortho intramolecular Hbond substituents is 1. The van der Waals surface area contributed by atoms with Crippen molar-refractivity contribution >= 4 is 10.8 Å². The largest absolute Gasteiger partial charge is 0.502 e. The highest BCUT2D eigenvalue weighted by Crippen LogP contribution is 2.36. The van der Waals surface area contributed by atoms with Crippen LogP contribution in [0, 0.1) is 0 Å². The maximum atomic E-state index is 10.9. The Hall–Kier alpha value is -1.27. The Labute approximate surface area is 116 Å². The standard InChI is InChI=1S/C13H21NO4S/c1-17-11-7-10(8-12(18-2)13(11)15)9-14-5-4-6-19(3)16/h7-8,14-15H,4-6,9H2,1-3H3. The monoisotopic (exact) mass is 287 g/mol. The molecule has 0 aliphatic rings. The minimum Gasteiger partial charge on any atom is -0.502 e. The third kappa shape index (κ3) is 5.08. The van der Waals surface area contributed by atoms with Gasteiger partial charge in [0.2, 0.25) is 5.75 Å². The van der Waals surface area contributed by atoms with Gasteiger partial charge in [0.1, 0.15) is 0 Å². The van der Waals surface area contributed by atoms with Crippen LogP contribution in [-0.2, 0) is 17.3 Å². The average Bonchev–Trinajstić information content (AvgIpc) is 2.39. The van der Waals surface area contributed by atoms with Crippen molar-refractivity contribution in [1.29, 1.82) is 0 Å². The number of hydrogen-bond acceptors (Lipinski definition) is 5. The molecule has 5 nitrogen and oxygen atoms in total. The summed E-state index contributed by atoms with van der Waals surface area (Å²) in [5, 5.41) is 13.0. The zero-order valence-corrected chi connectivity index (χ0v) is 12.4. The zero-order valence-electron chi connectivity index (χ0n) is 11.6. The lowest BCUT2D eigenvalue weighted by Crippen LogP contribution is -2.16. The lowest BCUT2D eigenvalue weighted by Gasteiger charge is -2.11. The van der Waals surface area contributed by atoms with Gasteiger partial charge in [-0.2, -0.15) is 0 Å². The van der Waals surface area contributed by atoms with E-state index in [9.17, 15) is 9.32 Å². The number of hydrogen-bond donors (Lipinski definition) is 2. The van der Waals surface area contributed by atoms with Crippen LogP contribution in [-0.4, -0.2) is 42.1 Å². The Morgan fingerprint density at radius 2 is 1.84 bits per heavy atom. The summed E-state index contributed by atoms with van der Waals surface area (Å²) in [4.78, 5) is 0. The van der Waals surface area contributed by atoms with Crippen LogP contribution >= 0.6 is 0 Å². The number of ether oxygens (including phenoxy) is 2. The Kier molecular flexibility index (Phi) is 6.66. The van der Waals surface area contributed by atoms with Gasteiger partial charge in [-0.1, -0.05) is 0 Å². The topological polar surface area (TPSA) is 67.8 Å². The van der Waals surface area contributed by atoms with E-state index in [1.54, 1.807) is 18.4 Å². The van der Waals surface area contributed by atoms with E-state index in [2.05, 4.69) is 5.32 Å². The van der Waals surface area contributed by atoms with Crippen LogP contribution in [0.25, 0.3) is 0 Å². The normalized spacial score (nSPS) is 12.2. The molecule has 1 unspecified atom stereocenters. The van der Waals surface area contributed by atoms with Gasteiger partial charge in [0.05, 0.1) is 14.2 Å². The van der Waals surface area contributed by atoms with Crippen molar-refractivity contribution in [1.82, 2.24) is 5.32 Å².